The van der Waals surface area contributed by atoms with E-state index in [0.717, 1.165) is 17.9 Å². The number of anilines is 2. The standard InChI is InChI=1S/C15H15F3N2O3S2/c1-8-6-14(9(2)24-8)25(22,23)20-13-5-4-11(19-10(3)21)7-12(13)15(16,17)18/h4-7,20H,1-3H3,(H,19,21). The summed E-state index contributed by atoms with van der Waals surface area (Å²) in [6.07, 6.45) is -4.80. The fourth-order valence-corrected chi connectivity index (χ4v) is 4.86. The Hall–Kier alpha value is -2.07. The molecule has 0 bridgehead atoms. The molecule has 0 unspecified atom stereocenters. The second-order valence-corrected chi connectivity index (χ2v) is 8.43. The van der Waals surface area contributed by atoms with E-state index in [2.05, 4.69) is 5.32 Å². The van der Waals surface area contributed by atoms with Gasteiger partial charge in [-0.2, -0.15) is 13.2 Å². The van der Waals surface area contributed by atoms with Crippen LogP contribution in [0.2, 0.25) is 0 Å². The summed E-state index contributed by atoms with van der Waals surface area (Å²) in [5, 5.41) is 2.24. The quantitative estimate of drug-likeness (QED) is 0.821. The first kappa shape index (κ1) is 19.3. The van der Waals surface area contributed by atoms with E-state index in [0.29, 0.717) is 10.9 Å². The molecule has 0 aliphatic heterocycles. The van der Waals surface area contributed by atoms with Gasteiger partial charge in [-0.1, -0.05) is 0 Å². The van der Waals surface area contributed by atoms with Crippen LogP contribution in [0.5, 0.6) is 0 Å². The Kier molecular flexibility index (Phi) is 5.14. The van der Waals surface area contributed by atoms with E-state index in [9.17, 15) is 26.4 Å². The maximum Gasteiger partial charge on any atom is 0.418 e. The molecular weight excluding hydrogens is 377 g/mol. The molecule has 1 aromatic heterocycles. The number of nitrogens with one attached hydrogen (secondary N) is 2. The molecule has 25 heavy (non-hydrogen) atoms. The zero-order chi connectivity index (χ0) is 19.0. The molecule has 0 fully saturated rings. The number of halogens is 3. The zero-order valence-electron chi connectivity index (χ0n) is 13.5. The average molecular weight is 392 g/mol. The van der Waals surface area contributed by atoms with Crippen LogP contribution >= 0.6 is 11.3 Å². The molecule has 1 amide bonds. The lowest BCUT2D eigenvalue weighted by molar-refractivity contribution is -0.136. The van der Waals surface area contributed by atoms with Gasteiger partial charge in [-0.25, -0.2) is 8.42 Å². The molecule has 0 aliphatic carbocycles. The van der Waals surface area contributed by atoms with Crippen molar-refractivity contribution in [1.29, 1.82) is 0 Å². The highest BCUT2D eigenvalue weighted by Gasteiger charge is 2.35. The first-order chi connectivity index (χ1) is 11.4. The maximum atomic E-state index is 13.3. The van der Waals surface area contributed by atoms with Crippen LogP contribution < -0.4 is 10.0 Å². The monoisotopic (exact) mass is 392 g/mol. The number of carbonyl (C=O) groups excluding carboxylic acids is 1. The Morgan fingerprint density at radius 2 is 1.80 bits per heavy atom. The molecule has 0 saturated carbocycles. The van der Waals surface area contributed by atoms with E-state index in [4.69, 9.17) is 0 Å². The van der Waals surface area contributed by atoms with Gasteiger partial charge >= 0.3 is 6.18 Å². The molecule has 0 spiro atoms. The molecule has 2 rings (SSSR count). The van der Waals surface area contributed by atoms with Gasteiger partial charge in [0.2, 0.25) is 5.91 Å². The van der Waals surface area contributed by atoms with Gasteiger partial charge in [-0.3, -0.25) is 9.52 Å². The predicted octanol–water partition coefficient (Wildman–Crippen LogP) is 4.14. The summed E-state index contributed by atoms with van der Waals surface area (Å²) in [6.45, 7) is 4.45. The first-order valence-corrected chi connectivity index (χ1v) is 9.29. The van der Waals surface area contributed by atoms with Crippen LogP contribution in [0.15, 0.2) is 29.2 Å². The molecular formula is C15H15F3N2O3S2. The van der Waals surface area contributed by atoms with Gasteiger partial charge in [-0.05, 0) is 38.1 Å². The molecule has 0 aliphatic rings. The van der Waals surface area contributed by atoms with Crippen LogP contribution in [0.1, 0.15) is 22.2 Å². The summed E-state index contributed by atoms with van der Waals surface area (Å²) in [6, 6.07) is 4.26. The van der Waals surface area contributed by atoms with Crippen molar-refractivity contribution in [1.82, 2.24) is 0 Å². The van der Waals surface area contributed by atoms with Crippen molar-refractivity contribution in [2.24, 2.45) is 0 Å². The van der Waals surface area contributed by atoms with Gasteiger partial charge in [0.25, 0.3) is 10.0 Å². The van der Waals surface area contributed by atoms with Crippen LogP contribution in [0.3, 0.4) is 0 Å². The van der Waals surface area contributed by atoms with E-state index < -0.39 is 33.4 Å². The maximum absolute atomic E-state index is 13.3. The largest absolute Gasteiger partial charge is 0.418 e. The Balaban J connectivity index is 2.48. The van der Waals surface area contributed by atoms with Crippen molar-refractivity contribution >= 4 is 38.6 Å². The molecule has 0 radical (unpaired) electrons. The second kappa shape index (κ2) is 6.68. The van der Waals surface area contributed by atoms with Crippen molar-refractivity contribution in [2.75, 3.05) is 10.0 Å². The molecule has 1 aromatic carbocycles. The minimum Gasteiger partial charge on any atom is -0.326 e. The van der Waals surface area contributed by atoms with Gasteiger partial charge in [-0.15, -0.1) is 11.3 Å². The number of sulfonamides is 1. The fraction of sp³-hybridized carbons (Fsp3) is 0.267. The highest BCUT2D eigenvalue weighted by atomic mass is 32.2. The Labute approximate surface area is 146 Å². The van der Waals surface area contributed by atoms with Crippen LogP contribution in [0, 0.1) is 13.8 Å². The lowest BCUT2D eigenvalue weighted by Crippen LogP contribution is -2.18. The van der Waals surface area contributed by atoms with E-state index in [1.807, 2.05) is 4.72 Å². The average Bonchev–Trinajstić information content (AvgIpc) is 2.78. The minimum absolute atomic E-state index is 0.0611. The van der Waals surface area contributed by atoms with E-state index >= 15 is 0 Å². The minimum atomic E-state index is -4.80. The summed E-state index contributed by atoms with van der Waals surface area (Å²) < 4.78 is 66.7. The molecule has 2 aromatic rings. The van der Waals surface area contributed by atoms with Crippen LogP contribution in [0.25, 0.3) is 0 Å². The van der Waals surface area contributed by atoms with Crippen LogP contribution in [0.4, 0.5) is 24.5 Å². The third-order valence-electron chi connectivity index (χ3n) is 3.17. The number of rotatable bonds is 4. The first-order valence-electron chi connectivity index (χ1n) is 6.99. The molecule has 5 nitrogen and oxygen atoms in total. The SMILES string of the molecule is CC(=O)Nc1ccc(NS(=O)(=O)c2cc(C)sc2C)c(C(F)(F)F)c1. The van der Waals surface area contributed by atoms with Gasteiger partial charge in [0.15, 0.2) is 0 Å². The van der Waals surface area contributed by atoms with E-state index in [1.54, 1.807) is 13.8 Å². The molecule has 10 heteroatoms. The van der Waals surface area contributed by atoms with Crippen LogP contribution in [-0.2, 0) is 21.0 Å². The van der Waals surface area contributed by atoms with Crippen molar-refractivity contribution in [3.8, 4) is 0 Å². The van der Waals surface area contributed by atoms with Gasteiger partial charge < -0.3 is 5.32 Å². The highest BCUT2D eigenvalue weighted by molar-refractivity contribution is 7.93. The Morgan fingerprint density at radius 3 is 2.28 bits per heavy atom. The summed E-state index contributed by atoms with van der Waals surface area (Å²) in [5.74, 6) is -0.536. The molecule has 1 heterocycles. The normalized spacial score (nSPS) is 12.1. The summed E-state index contributed by atoms with van der Waals surface area (Å²) in [7, 11) is -4.17. The molecule has 0 atom stereocenters. The van der Waals surface area contributed by atoms with Crippen molar-refractivity contribution in [3.63, 3.8) is 0 Å². The smallest absolute Gasteiger partial charge is 0.326 e. The zero-order valence-corrected chi connectivity index (χ0v) is 15.1. The lowest BCUT2D eigenvalue weighted by Gasteiger charge is -2.16. The Bertz CT molecular complexity index is 919. The molecule has 136 valence electrons. The summed E-state index contributed by atoms with van der Waals surface area (Å²) in [5.41, 5.74) is -1.87. The number of amides is 1. The number of benzene rings is 1. The molecule has 0 saturated heterocycles. The number of alkyl halides is 3. The lowest BCUT2D eigenvalue weighted by atomic mass is 10.1. The van der Waals surface area contributed by atoms with E-state index in [-0.39, 0.29) is 10.6 Å². The number of carbonyl (C=O) groups is 1. The van der Waals surface area contributed by atoms with Crippen molar-refractivity contribution < 1.29 is 26.4 Å². The summed E-state index contributed by atoms with van der Waals surface area (Å²) >= 11 is 1.24. The van der Waals surface area contributed by atoms with Gasteiger partial charge in [0, 0.05) is 22.4 Å². The number of aryl methyl sites for hydroxylation is 2. The second-order valence-electron chi connectivity index (χ2n) is 5.32. The van der Waals surface area contributed by atoms with E-state index in [1.165, 1.54) is 23.5 Å². The topological polar surface area (TPSA) is 75.3 Å². The number of thiophene rings is 1. The Morgan fingerprint density at radius 1 is 1.16 bits per heavy atom. The van der Waals surface area contributed by atoms with Gasteiger partial charge in [0.05, 0.1) is 11.3 Å². The van der Waals surface area contributed by atoms with Crippen molar-refractivity contribution in [2.45, 2.75) is 31.8 Å². The molecule has 2 N–H and O–H groups in total. The fourth-order valence-electron chi connectivity index (χ4n) is 2.22. The number of hydrogen-bond acceptors (Lipinski definition) is 4. The van der Waals surface area contributed by atoms with Crippen molar-refractivity contribution in [3.05, 3.63) is 39.6 Å². The summed E-state index contributed by atoms with van der Waals surface area (Å²) in [4.78, 5) is 12.2. The van der Waals surface area contributed by atoms with Gasteiger partial charge in [0.1, 0.15) is 4.90 Å². The third kappa shape index (κ3) is 4.51. The van der Waals surface area contributed by atoms with Crippen LogP contribution in [-0.4, -0.2) is 14.3 Å². The number of hydrogen-bond donors (Lipinski definition) is 2. The highest BCUT2D eigenvalue weighted by Crippen LogP contribution is 2.38. The predicted molar refractivity (Wildman–Crippen MR) is 90.3 cm³/mol. The third-order valence-corrected chi connectivity index (χ3v) is 5.76.